The van der Waals surface area contributed by atoms with Gasteiger partial charge in [0.05, 0.1) is 5.69 Å². The fourth-order valence-corrected chi connectivity index (χ4v) is 4.64. The van der Waals surface area contributed by atoms with Crippen LogP contribution >= 0.6 is 11.6 Å². The first kappa shape index (κ1) is 17.7. The number of aromatic nitrogens is 1. The van der Waals surface area contributed by atoms with E-state index in [1.165, 1.54) is 0 Å². The van der Waals surface area contributed by atoms with Crippen LogP contribution in [0.2, 0.25) is 5.02 Å². The van der Waals surface area contributed by atoms with Gasteiger partial charge >= 0.3 is 0 Å². The van der Waals surface area contributed by atoms with Crippen LogP contribution in [0.25, 0.3) is 17.2 Å². The minimum atomic E-state index is -0.488. The largest absolute Gasteiger partial charge is 0.479 e. The lowest BCUT2D eigenvalue weighted by atomic mass is 9.97. The van der Waals surface area contributed by atoms with Crippen LogP contribution in [-0.2, 0) is 17.6 Å². The van der Waals surface area contributed by atoms with E-state index in [2.05, 4.69) is 29.4 Å². The Labute approximate surface area is 169 Å². The molecule has 3 aliphatic rings. The number of hydrogen-bond donors (Lipinski definition) is 1. The number of pyridine rings is 1. The lowest BCUT2D eigenvalue weighted by Gasteiger charge is -2.35. The van der Waals surface area contributed by atoms with E-state index in [4.69, 9.17) is 16.3 Å². The van der Waals surface area contributed by atoms with Gasteiger partial charge in [-0.15, -0.1) is 0 Å². The van der Waals surface area contributed by atoms with Crippen molar-refractivity contribution in [3.05, 3.63) is 52.3 Å². The monoisotopic (exact) mass is 395 g/mol. The van der Waals surface area contributed by atoms with Crippen molar-refractivity contribution >= 4 is 23.6 Å². The minimum Gasteiger partial charge on any atom is -0.479 e. The van der Waals surface area contributed by atoms with Crippen molar-refractivity contribution in [1.82, 2.24) is 15.2 Å². The summed E-state index contributed by atoms with van der Waals surface area (Å²) in [4.78, 5) is 19.5. The average molecular weight is 396 g/mol. The van der Waals surface area contributed by atoms with Gasteiger partial charge in [0.1, 0.15) is 5.75 Å². The van der Waals surface area contributed by atoms with Crippen LogP contribution in [0.5, 0.6) is 5.75 Å². The van der Waals surface area contributed by atoms with Crippen molar-refractivity contribution < 1.29 is 9.53 Å². The van der Waals surface area contributed by atoms with E-state index in [0.717, 1.165) is 53.2 Å². The number of ether oxygens (including phenoxy) is 1. The molecule has 144 valence electrons. The van der Waals surface area contributed by atoms with Crippen LogP contribution in [0.4, 0.5) is 0 Å². The predicted molar refractivity (Wildman–Crippen MR) is 110 cm³/mol. The van der Waals surface area contributed by atoms with E-state index in [9.17, 15) is 4.79 Å². The molecule has 2 atom stereocenters. The van der Waals surface area contributed by atoms with E-state index in [-0.39, 0.29) is 11.9 Å². The molecule has 0 saturated carbocycles. The van der Waals surface area contributed by atoms with Gasteiger partial charge in [-0.2, -0.15) is 0 Å². The molecule has 1 amide bonds. The van der Waals surface area contributed by atoms with Gasteiger partial charge < -0.3 is 15.0 Å². The van der Waals surface area contributed by atoms with Gasteiger partial charge in [-0.05, 0) is 30.7 Å². The molecule has 0 radical (unpaired) electrons. The Bertz CT molecular complexity index is 988. The molecule has 6 heteroatoms. The number of piperazine rings is 1. The zero-order chi connectivity index (χ0) is 19.3. The summed E-state index contributed by atoms with van der Waals surface area (Å²) >= 11 is 6.44. The molecule has 1 unspecified atom stereocenters. The van der Waals surface area contributed by atoms with Crippen LogP contribution in [0.1, 0.15) is 23.7 Å². The summed E-state index contributed by atoms with van der Waals surface area (Å²) in [5.74, 6) is 0.839. The van der Waals surface area contributed by atoms with E-state index < -0.39 is 6.10 Å². The quantitative estimate of drug-likeness (QED) is 0.849. The molecule has 1 saturated heterocycles. The predicted octanol–water partition coefficient (Wildman–Crippen LogP) is 3.10. The Morgan fingerprint density at radius 1 is 1.36 bits per heavy atom. The highest BCUT2D eigenvalue weighted by molar-refractivity contribution is 6.31. The lowest BCUT2D eigenvalue weighted by Crippen LogP contribution is -2.55. The lowest BCUT2D eigenvalue weighted by molar-refractivity contribution is -0.140. The number of carbonyl (C=O) groups is 1. The van der Waals surface area contributed by atoms with E-state index >= 15 is 0 Å². The van der Waals surface area contributed by atoms with E-state index in [1.54, 1.807) is 0 Å². The summed E-state index contributed by atoms with van der Waals surface area (Å²) in [5.41, 5.74) is 5.17. The summed E-state index contributed by atoms with van der Waals surface area (Å²) in [6, 6.07) is 6.02. The minimum absolute atomic E-state index is 0.0622. The third-order valence-corrected chi connectivity index (χ3v) is 6.03. The second kappa shape index (κ2) is 6.90. The first-order valence-electron chi connectivity index (χ1n) is 9.77. The summed E-state index contributed by atoms with van der Waals surface area (Å²) in [5, 5.41) is 3.99. The molecule has 1 aromatic heterocycles. The van der Waals surface area contributed by atoms with Crippen LogP contribution in [-0.4, -0.2) is 47.6 Å². The summed E-state index contributed by atoms with van der Waals surface area (Å²) < 4.78 is 6.26. The second-order valence-corrected chi connectivity index (χ2v) is 8.10. The van der Waals surface area contributed by atoms with Crippen LogP contribution in [0.3, 0.4) is 0 Å². The number of allylic oxidation sites excluding steroid dienone is 1. The van der Waals surface area contributed by atoms with Crippen LogP contribution in [0.15, 0.2) is 30.5 Å². The van der Waals surface area contributed by atoms with Gasteiger partial charge in [-0.1, -0.05) is 23.8 Å². The number of carbonyl (C=O) groups excluding carboxylic acids is 1. The maximum Gasteiger partial charge on any atom is 0.264 e. The number of hydrogen-bond acceptors (Lipinski definition) is 4. The fourth-order valence-electron chi connectivity index (χ4n) is 4.40. The molecule has 2 aromatic rings. The Morgan fingerprint density at radius 2 is 2.25 bits per heavy atom. The zero-order valence-electron chi connectivity index (χ0n) is 15.7. The van der Waals surface area contributed by atoms with Crippen LogP contribution in [0, 0.1) is 0 Å². The van der Waals surface area contributed by atoms with Gasteiger partial charge in [-0.25, -0.2) is 0 Å². The average Bonchev–Trinajstić information content (AvgIpc) is 3.33. The third-order valence-electron chi connectivity index (χ3n) is 5.81. The Kier molecular flexibility index (Phi) is 4.37. The third kappa shape index (κ3) is 2.90. The van der Waals surface area contributed by atoms with Crippen molar-refractivity contribution in [2.24, 2.45) is 0 Å². The molecule has 3 heterocycles. The van der Waals surface area contributed by atoms with Crippen LogP contribution < -0.4 is 10.1 Å². The number of nitrogens with zero attached hydrogens (tertiary/aromatic N) is 2. The molecule has 5 nitrogen and oxygen atoms in total. The normalized spacial score (nSPS) is 22.7. The summed E-state index contributed by atoms with van der Waals surface area (Å²) in [7, 11) is 0. The molecule has 28 heavy (non-hydrogen) atoms. The molecule has 1 fully saturated rings. The molecule has 2 aliphatic heterocycles. The standard InChI is InChI=1S/C22H22ClN3O2/c1-13-12-24-7-8-26(13)22(27)20-10-14-9-15(23)11-18(21(14)28-20)16-5-6-25-19-4-2-3-17(16)19/h2-3,5-6,9,11,13,20,24H,4,7-8,10,12H2,1H3/t13-,20?/m0/s1. The Hall–Kier alpha value is -2.37. The van der Waals surface area contributed by atoms with Gasteiger partial charge in [0.2, 0.25) is 0 Å². The highest BCUT2D eigenvalue weighted by atomic mass is 35.5. The maximum absolute atomic E-state index is 13.1. The first-order chi connectivity index (χ1) is 13.6. The molecule has 1 N–H and O–H groups in total. The molecule has 1 aromatic carbocycles. The maximum atomic E-state index is 13.1. The molecule has 1 aliphatic carbocycles. The van der Waals surface area contributed by atoms with Gasteiger partial charge in [0.15, 0.2) is 6.10 Å². The molecular formula is C22H22ClN3O2. The van der Waals surface area contributed by atoms with Gasteiger partial charge in [0.25, 0.3) is 5.91 Å². The first-order valence-corrected chi connectivity index (χ1v) is 10.1. The molecular weight excluding hydrogens is 374 g/mol. The highest BCUT2D eigenvalue weighted by Gasteiger charge is 2.36. The zero-order valence-corrected chi connectivity index (χ0v) is 16.5. The Balaban J connectivity index is 1.50. The second-order valence-electron chi connectivity index (χ2n) is 7.66. The smallest absolute Gasteiger partial charge is 0.264 e. The number of benzene rings is 1. The molecule has 5 rings (SSSR count). The number of halogens is 1. The van der Waals surface area contributed by atoms with Crippen molar-refractivity contribution in [2.45, 2.75) is 31.9 Å². The number of rotatable bonds is 2. The van der Waals surface area contributed by atoms with Crippen molar-refractivity contribution in [3.63, 3.8) is 0 Å². The number of nitrogens with one attached hydrogen (secondary N) is 1. The molecule has 0 bridgehead atoms. The number of fused-ring (bicyclic) bond motifs is 2. The summed E-state index contributed by atoms with van der Waals surface area (Å²) in [6.45, 7) is 4.42. The number of amides is 1. The van der Waals surface area contributed by atoms with E-state index in [1.807, 2.05) is 29.3 Å². The highest BCUT2D eigenvalue weighted by Crippen LogP contribution is 2.43. The van der Waals surface area contributed by atoms with E-state index in [0.29, 0.717) is 18.0 Å². The summed E-state index contributed by atoms with van der Waals surface area (Å²) in [6.07, 6.45) is 6.96. The van der Waals surface area contributed by atoms with Crippen molar-refractivity contribution in [2.75, 3.05) is 19.6 Å². The van der Waals surface area contributed by atoms with Crippen molar-refractivity contribution in [1.29, 1.82) is 0 Å². The Morgan fingerprint density at radius 3 is 3.11 bits per heavy atom. The SMILES string of the molecule is C[C@H]1CNCCN1C(=O)C1Cc2cc(Cl)cc(-c3ccnc4c3C=CC4)c2O1. The van der Waals surface area contributed by atoms with Gasteiger partial charge in [-0.3, -0.25) is 9.78 Å². The molecule has 0 spiro atoms. The topological polar surface area (TPSA) is 54.5 Å². The van der Waals surface area contributed by atoms with Crippen molar-refractivity contribution in [3.8, 4) is 16.9 Å². The van der Waals surface area contributed by atoms with Gasteiger partial charge in [0, 0.05) is 66.4 Å². The fraction of sp³-hybridized carbons (Fsp3) is 0.364.